The predicted molar refractivity (Wildman–Crippen MR) is 114 cm³/mol. The molecule has 0 unspecified atom stereocenters. The summed E-state index contributed by atoms with van der Waals surface area (Å²) in [6, 6.07) is 9.56. The lowest BCUT2D eigenvalue weighted by Gasteiger charge is -2.25. The highest BCUT2D eigenvalue weighted by Gasteiger charge is 2.33. The van der Waals surface area contributed by atoms with Gasteiger partial charge in [-0.2, -0.15) is 13.2 Å². The molecule has 30 heavy (non-hydrogen) atoms. The molecular formula is C23H26F3N3O. The number of hydrogen-bond acceptors (Lipinski definition) is 3. The van der Waals surface area contributed by atoms with Crippen LogP contribution < -0.4 is 9.80 Å². The first-order valence-corrected chi connectivity index (χ1v) is 10.4. The summed E-state index contributed by atoms with van der Waals surface area (Å²) >= 11 is 0. The first kappa shape index (κ1) is 20.7. The zero-order chi connectivity index (χ0) is 21.3. The summed E-state index contributed by atoms with van der Waals surface area (Å²) in [7, 11) is 0. The summed E-state index contributed by atoms with van der Waals surface area (Å²) in [5, 5.41) is 1.85. The summed E-state index contributed by atoms with van der Waals surface area (Å²) in [5.41, 5.74) is 2.39. The summed E-state index contributed by atoms with van der Waals surface area (Å²) < 4.78 is 37.7. The van der Waals surface area contributed by atoms with E-state index in [9.17, 15) is 18.0 Å². The molecule has 2 aromatic carbocycles. The maximum Gasteiger partial charge on any atom is 0.389 e. The Morgan fingerprint density at radius 3 is 2.60 bits per heavy atom. The van der Waals surface area contributed by atoms with E-state index in [0.717, 1.165) is 61.3 Å². The van der Waals surface area contributed by atoms with E-state index >= 15 is 0 Å². The molecule has 0 radical (unpaired) electrons. The van der Waals surface area contributed by atoms with E-state index in [4.69, 9.17) is 0 Å². The molecule has 0 aliphatic carbocycles. The van der Waals surface area contributed by atoms with Gasteiger partial charge in [0.25, 0.3) is 5.91 Å². The van der Waals surface area contributed by atoms with Crippen molar-refractivity contribution in [3.05, 3.63) is 48.6 Å². The molecular weight excluding hydrogens is 391 g/mol. The molecule has 1 fully saturated rings. The second-order valence-corrected chi connectivity index (χ2v) is 7.94. The summed E-state index contributed by atoms with van der Waals surface area (Å²) in [6.45, 7) is 8.55. The number of halogens is 3. The Labute approximate surface area is 174 Å². The molecule has 2 aromatic rings. The number of nitrogens with zero attached hydrogens (tertiary/aromatic N) is 3. The molecule has 2 aliphatic rings. The Kier molecular flexibility index (Phi) is 5.73. The molecule has 0 N–H and O–H groups in total. The Balaban J connectivity index is 1.62. The van der Waals surface area contributed by atoms with E-state index in [0.29, 0.717) is 5.56 Å². The van der Waals surface area contributed by atoms with Gasteiger partial charge in [0, 0.05) is 67.7 Å². The van der Waals surface area contributed by atoms with Gasteiger partial charge in [-0.3, -0.25) is 9.69 Å². The average Bonchev–Trinajstić information content (AvgIpc) is 2.85. The third kappa shape index (κ3) is 4.03. The molecule has 160 valence electrons. The highest BCUT2D eigenvalue weighted by atomic mass is 19.4. The van der Waals surface area contributed by atoms with Gasteiger partial charge < -0.3 is 9.80 Å². The van der Waals surface area contributed by atoms with Crippen molar-refractivity contribution in [3.8, 4) is 0 Å². The number of benzene rings is 2. The molecule has 1 saturated heterocycles. The van der Waals surface area contributed by atoms with Crippen LogP contribution >= 0.6 is 0 Å². The smallest absolute Gasteiger partial charge is 0.370 e. The zero-order valence-electron chi connectivity index (χ0n) is 16.9. The molecule has 0 saturated carbocycles. The van der Waals surface area contributed by atoms with Crippen molar-refractivity contribution < 1.29 is 18.0 Å². The number of alkyl halides is 3. The fourth-order valence-corrected chi connectivity index (χ4v) is 4.54. The van der Waals surface area contributed by atoms with Crippen LogP contribution in [-0.2, 0) is 0 Å². The summed E-state index contributed by atoms with van der Waals surface area (Å²) in [5.74, 6) is -0.206. The maximum atomic E-state index is 12.9. The molecule has 0 atom stereocenters. The Morgan fingerprint density at radius 2 is 1.83 bits per heavy atom. The van der Waals surface area contributed by atoms with E-state index in [1.807, 2.05) is 30.3 Å². The van der Waals surface area contributed by atoms with Gasteiger partial charge in [0.05, 0.1) is 5.69 Å². The van der Waals surface area contributed by atoms with E-state index in [1.165, 1.54) is 4.90 Å². The van der Waals surface area contributed by atoms with Crippen molar-refractivity contribution in [1.82, 2.24) is 4.90 Å². The number of rotatable bonds is 6. The lowest BCUT2D eigenvalue weighted by atomic mass is 10.0. The molecule has 4 nitrogen and oxygen atoms in total. The van der Waals surface area contributed by atoms with Crippen LogP contribution in [0.25, 0.3) is 10.8 Å². The molecule has 2 aliphatic heterocycles. The summed E-state index contributed by atoms with van der Waals surface area (Å²) in [6.07, 6.45) is -2.23. The largest absolute Gasteiger partial charge is 0.389 e. The number of anilines is 2. The van der Waals surface area contributed by atoms with Gasteiger partial charge in [-0.05, 0) is 31.0 Å². The zero-order valence-corrected chi connectivity index (χ0v) is 16.9. The van der Waals surface area contributed by atoms with Gasteiger partial charge in [-0.25, -0.2) is 0 Å². The van der Waals surface area contributed by atoms with E-state index in [1.54, 1.807) is 6.07 Å². The van der Waals surface area contributed by atoms with Crippen LogP contribution in [0.15, 0.2) is 43.0 Å². The Hall–Kier alpha value is -2.54. The lowest BCUT2D eigenvalue weighted by Crippen LogP contribution is -2.31. The fraction of sp³-hybridized carbons (Fsp3) is 0.435. The predicted octanol–water partition coefficient (Wildman–Crippen LogP) is 4.84. The minimum Gasteiger partial charge on any atom is -0.370 e. The first-order valence-electron chi connectivity index (χ1n) is 10.4. The first-order chi connectivity index (χ1) is 14.4. The fourth-order valence-electron chi connectivity index (χ4n) is 4.54. The van der Waals surface area contributed by atoms with E-state index < -0.39 is 12.6 Å². The topological polar surface area (TPSA) is 26.8 Å². The molecule has 0 spiro atoms. The maximum absolute atomic E-state index is 12.9. The van der Waals surface area contributed by atoms with Crippen LogP contribution in [0.5, 0.6) is 0 Å². The van der Waals surface area contributed by atoms with Crippen molar-refractivity contribution in [3.63, 3.8) is 0 Å². The van der Waals surface area contributed by atoms with E-state index in [-0.39, 0.29) is 18.9 Å². The van der Waals surface area contributed by atoms with Crippen molar-refractivity contribution in [1.29, 1.82) is 0 Å². The SMILES string of the molecule is C=CCN1CCCN(c2ccc3c4c(cccc24)C(=O)N3CCCC(F)(F)F)CC1. The molecule has 0 bridgehead atoms. The highest BCUT2D eigenvalue weighted by Crippen LogP contribution is 2.42. The van der Waals surface area contributed by atoms with Crippen LogP contribution in [0.2, 0.25) is 0 Å². The van der Waals surface area contributed by atoms with Crippen molar-refractivity contribution in [2.24, 2.45) is 0 Å². The Bertz CT molecular complexity index is 957. The van der Waals surface area contributed by atoms with Gasteiger partial charge >= 0.3 is 6.18 Å². The standard InChI is InChI=1S/C23H26F3N3O/c1-2-11-27-12-5-13-28(16-15-27)19-8-9-20-21-17(19)6-3-7-18(21)22(30)29(20)14-4-10-23(24,25)26/h2-3,6-9H,1,4-5,10-16H2. The molecule has 1 amide bonds. The molecule has 2 heterocycles. The number of amides is 1. The van der Waals surface area contributed by atoms with Gasteiger partial charge in [0.1, 0.15) is 0 Å². The average molecular weight is 417 g/mol. The third-order valence-electron chi connectivity index (χ3n) is 5.92. The van der Waals surface area contributed by atoms with Gasteiger partial charge in [-0.15, -0.1) is 6.58 Å². The normalized spacial score (nSPS) is 17.6. The number of carbonyl (C=O) groups excluding carboxylic acids is 1. The second kappa shape index (κ2) is 8.30. The van der Waals surface area contributed by atoms with Crippen molar-refractivity contribution >= 4 is 28.1 Å². The highest BCUT2D eigenvalue weighted by molar-refractivity contribution is 6.26. The minimum atomic E-state index is -4.21. The molecule has 0 aromatic heterocycles. The minimum absolute atomic E-state index is 0.0711. The summed E-state index contributed by atoms with van der Waals surface area (Å²) in [4.78, 5) is 19.1. The monoisotopic (exact) mass is 417 g/mol. The molecule has 7 heteroatoms. The second-order valence-electron chi connectivity index (χ2n) is 7.94. The van der Waals surface area contributed by atoms with Crippen molar-refractivity contribution in [2.75, 3.05) is 49.1 Å². The number of carbonyl (C=O) groups is 1. The van der Waals surface area contributed by atoms with Gasteiger partial charge in [0.2, 0.25) is 0 Å². The van der Waals surface area contributed by atoms with Crippen LogP contribution in [0, 0.1) is 0 Å². The quantitative estimate of drug-likeness (QED) is 0.630. The van der Waals surface area contributed by atoms with Gasteiger partial charge in [0.15, 0.2) is 0 Å². The van der Waals surface area contributed by atoms with Crippen molar-refractivity contribution in [2.45, 2.75) is 25.4 Å². The lowest BCUT2D eigenvalue weighted by molar-refractivity contribution is -0.135. The Morgan fingerprint density at radius 1 is 1.03 bits per heavy atom. The van der Waals surface area contributed by atoms with Crippen LogP contribution in [0.3, 0.4) is 0 Å². The number of hydrogen-bond donors (Lipinski definition) is 0. The third-order valence-corrected chi connectivity index (χ3v) is 5.92. The van der Waals surface area contributed by atoms with Crippen LogP contribution in [0.1, 0.15) is 29.6 Å². The van der Waals surface area contributed by atoms with Crippen LogP contribution in [0.4, 0.5) is 24.5 Å². The van der Waals surface area contributed by atoms with E-state index in [2.05, 4.69) is 16.4 Å². The molecule has 4 rings (SSSR count). The van der Waals surface area contributed by atoms with Gasteiger partial charge in [-0.1, -0.05) is 18.2 Å². The van der Waals surface area contributed by atoms with Crippen LogP contribution in [-0.4, -0.2) is 56.3 Å².